The summed E-state index contributed by atoms with van der Waals surface area (Å²) in [7, 11) is 0. The predicted octanol–water partition coefficient (Wildman–Crippen LogP) is 4.68. The maximum atomic E-state index is 12.6. The van der Waals surface area contributed by atoms with E-state index in [0.29, 0.717) is 6.54 Å². The molecule has 0 bridgehead atoms. The van der Waals surface area contributed by atoms with Gasteiger partial charge in [-0.3, -0.25) is 0 Å². The van der Waals surface area contributed by atoms with Crippen LogP contribution in [0.15, 0.2) is 78.9 Å². The molecule has 3 nitrogen and oxygen atoms in total. The number of amides is 2. The third kappa shape index (κ3) is 4.19. The zero-order chi connectivity index (χ0) is 18.5. The summed E-state index contributed by atoms with van der Waals surface area (Å²) in [5.41, 5.74) is 5.17. The van der Waals surface area contributed by atoms with Crippen molar-refractivity contribution in [2.24, 2.45) is 0 Å². The number of nitrogens with zero attached hydrogens (tertiary/aromatic N) is 1. The van der Waals surface area contributed by atoms with Crippen molar-refractivity contribution >= 4 is 11.7 Å². The van der Waals surface area contributed by atoms with Crippen molar-refractivity contribution in [1.82, 2.24) is 4.90 Å². The number of rotatable bonds is 1. The van der Waals surface area contributed by atoms with Crippen LogP contribution in [0.25, 0.3) is 0 Å². The largest absolute Gasteiger partial charge is 0.322 e. The summed E-state index contributed by atoms with van der Waals surface area (Å²) >= 11 is 0. The molecular formula is C24H20N2O. The number of hydrogen-bond donors (Lipinski definition) is 1. The van der Waals surface area contributed by atoms with Crippen molar-refractivity contribution in [3.63, 3.8) is 0 Å². The van der Waals surface area contributed by atoms with Crippen LogP contribution in [-0.2, 0) is 13.0 Å². The summed E-state index contributed by atoms with van der Waals surface area (Å²) in [6, 6.07) is 25.8. The minimum absolute atomic E-state index is 0.0716. The topological polar surface area (TPSA) is 32.3 Å². The average Bonchev–Trinajstić information content (AvgIpc) is 2.73. The maximum absolute atomic E-state index is 12.6. The van der Waals surface area contributed by atoms with Gasteiger partial charge < -0.3 is 10.2 Å². The minimum atomic E-state index is -0.0716. The normalized spacial score (nSPS) is 12.5. The van der Waals surface area contributed by atoms with Crippen LogP contribution < -0.4 is 5.32 Å². The molecule has 2 amide bonds. The van der Waals surface area contributed by atoms with Gasteiger partial charge in [0.1, 0.15) is 0 Å². The molecule has 0 aromatic heterocycles. The molecule has 3 aromatic rings. The van der Waals surface area contributed by atoms with E-state index in [1.807, 2.05) is 65.6 Å². The van der Waals surface area contributed by atoms with Gasteiger partial charge in [-0.1, -0.05) is 60.4 Å². The molecule has 3 aromatic carbocycles. The summed E-state index contributed by atoms with van der Waals surface area (Å²) < 4.78 is 0. The van der Waals surface area contributed by atoms with Crippen LogP contribution in [0, 0.1) is 11.8 Å². The molecule has 0 fully saturated rings. The van der Waals surface area contributed by atoms with Crippen LogP contribution in [0.3, 0.4) is 0 Å². The number of urea groups is 1. The van der Waals surface area contributed by atoms with Gasteiger partial charge in [0.15, 0.2) is 0 Å². The maximum Gasteiger partial charge on any atom is 0.322 e. The van der Waals surface area contributed by atoms with Crippen LogP contribution in [-0.4, -0.2) is 17.5 Å². The van der Waals surface area contributed by atoms with Crippen LogP contribution in [0.5, 0.6) is 0 Å². The van der Waals surface area contributed by atoms with Gasteiger partial charge in [0, 0.05) is 29.9 Å². The van der Waals surface area contributed by atoms with Crippen molar-refractivity contribution in [2.75, 3.05) is 11.9 Å². The highest BCUT2D eigenvalue weighted by Gasteiger charge is 2.20. The highest BCUT2D eigenvalue weighted by Crippen LogP contribution is 2.19. The Morgan fingerprint density at radius 2 is 1.52 bits per heavy atom. The van der Waals surface area contributed by atoms with Crippen LogP contribution in [0.1, 0.15) is 22.3 Å². The number of anilines is 1. The van der Waals surface area contributed by atoms with Crippen molar-refractivity contribution in [1.29, 1.82) is 0 Å². The van der Waals surface area contributed by atoms with Gasteiger partial charge in [-0.05, 0) is 47.9 Å². The van der Waals surface area contributed by atoms with Gasteiger partial charge in [0.25, 0.3) is 0 Å². The first-order valence-corrected chi connectivity index (χ1v) is 9.08. The van der Waals surface area contributed by atoms with Crippen LogP contribution in [0.2, 0.25) is 0 Å². The quantitative estimate of drug-likeness (QED) is 0.634. The van der Waals surface area contributed by atoms with E-state index >= 15 is 0 Å². The van der Waals surface area contributed by atoms with Gasteiger partial charge in [-0.2, -0.15) is 0 Å². The molecule has 4 rings (SSSR count). The smallest absolute Gasteiger partial charge is 0.320 e. The lowest BCUT2D eigenvalue weighted by Gasteiger charge is -2.29. The van der Waals surface area contributed by atoms with Crippen molar-refractivity contribution in [3.05, 3.63) is 101 Å². The van der Waals surface area contributed by atoms with E-state index < -0.39 is 0 Å². The van der Waals surface area contributed by atoms with Gasteiger partial charge in [-0.15, -0.1) is 0 Å². The molecule has 0 radical (unpaired) electrons. The number of hydrogen-bond acceptors (Lipinski definition) is 1. The Morgan fingerprint density at radius 3 is 2.37 bits per heavy atom. The van der Waals surface area contributed by atoms with E-state index in [1.165, 1.54) is 11.1 Å². The first-order valence-electron chi connectivity index (χ1n) is 9.08. The Balaban J connectivity index is 1.44. The van der Waals surface area contributed by atoms with Crippen molar-refractivity contribution in [2.45, 2.75) is 13.0 Å². The number of nitrogens with one attached hydrogen (secondary N) is 1. The summed E-state index contributed by atoms with van der Waals surface area (Å²) in [6.45, 7) is 1.38. The van der Waals surface area contributed by atoms with E-state index in [1.54, 1.807) is 0 Å². The van der Waals surface area contributed by atoms with Crippen molar-refractivity contribution < 1.29 is 4.79 Å². The number of benzene rings is 3. The van der Waals surface area contributed by atoms with E-state index in [4.69, 9.17) is 0 Å². The van der Waals surface area contributed by atoms with E-state index in [2.05, 4.69) is 35.4 Å². The predicted molar refractivity (Wildman–Crippen MR) is 108 cm³/mol. The number of carbonyl (C=O) groups excluding carboxylic acids is 1. The molecule has 0 aliphatic carbocycles. The molecule has 132 valence electrons. The fraction of sp³-hybridized carbons (Fsp3) is 0.125. The molecule has 0 saturated heterocycles. The number of fused-ring (bicyclic) bond motifs is 1. The fourth-order valence-electron chi connectivity index (χ4n) is 3.21. The van der Waals surface area contributed by atoms with Crippen LogP contribution in [0.4, 0.5) is 10.5 Å². The molecule has 27 heavy (non-hydrogen) atoms. The second-order valence-corrected chi connectivity index (χ2v) is 6.57. The molecule has 1 aliphatic rings. The fourth-order valence-corrected chi connectivity index (χ4v) is 3.21. The monoisotopic (exact) mass is 352 g/mol. The molecule has 0 saturated carbocycles. The zero-order valence-corrected chi connectivity index (χ0v) is 15.0. The minimum Gasteiger partial charge on any atom is -0.320 e. The lowest BCUT2D eigenvalue weighted by Crippen LogP contribution is -2.38. The SMILES string of the molecule is O=C(Nc1cccc(C#Cc2ccccc2)c1)N1CCc2ccccc2C1. The van der Waals surface area contributed by atoms with Gasteiger partial charge in [-0.25, -0.2) is 4.79 Å². The molecule has 1 heterocycles. The first kappa shape index (κ1) is 16.9. The Bertz CT molecular complexity index is 1020. The Labute approximate surface area is 159 Å². The van der Waals surface area contributed by atoms with E-state index in [9.17, 15) is 4.79 Å². The lowest BCUT2D eigenvalue weighted by atomic mass is 10.0. The standard InChI is InChI=1S/C24H20N2O/c27-24(26-16-15-21-10-4-5-11-22(21)18-26)25-23-12-6-9-20(17-23)14-13-19-7-2-1-3-8-19/h1-12,17H,15-16,18H2,(H,25,27). The Morgan fingerprint density at radius 1 is 0.815 bits per heavy atom. The van der Waals surface area contributed by atoms with Gasteiger partial charge in [0.2, 0.25) is 0 Å². The molecule has 0 atom stereocenters. The lowest BCUT2D eigenvalue weighted by molar-refractivity contribution is 0.206. The second kappa shape index (κ2) is 7.80. The van der Waals surface area contributed by atoms with E-state index in [-0.39, 0.29) is 6.03 Å². The average molecular weight is 352 g/mol. The van der Waals surface area contributed by atoms with Gasteiger partial charge in [0.05, 0.1) is 0 Å². The third-order valence-corrected chi connectivity index (χ3v) is 4.66. The molecule has 1 N–H and O–H groups in total. The zero-order valence-electron chi connectivity index (χ0n) is 15.0. The van der Waals surface area contributed by atoms with Crippen molar-refractivity contribution in [3.8, 4) is 11.8 Å². The molecule has 3 heteroatoms. The third-order valence-electron chi connectivity index (χ3n) is 4.66. The van der Waals surface area contributed by atoms with E-state index in [0.717, 1.165) is 29.8 Å². The molecule has 0 spiro atoms. The summed E-state index contributed by atoms with van der Waals surface area (Å²) in [5, 5.41) is 3.00. The molecular weight excluding hydrogens is 332 g/mol. The van der Waals surface area contributed by atoms with Gasteiger partial charge >= 0.3 is 6.03 Å². The molecule has 1 aliphatic heterocycles. The summed E-state index contributed by atoms with van der Waals surface area (Å²) in [6.07, 6.45) is 0.895. The van der Waals surface area contributed by atoms with Crippen LogP contribution >= 0.6 is 0 Å². The summed E-state index contributed by atoms with van der Waals surface area (Å²) in [5.74, 6) is 6.29. The highest BCUT2D eigenvalue weighted by atomic mass is 16.2. The Hall–Kier alpha value is -3.51. The first-order chi connectivity index (χ1) is 13.3. The Kier molecular flexibility index (Phi) is 4.89. The summed E-state index contributed by atoms with van der Waals surface area (Å²) in [4.78, 5) is 14.5. The molecule has 0 unspecified atom stereocenters. The highest BCUT2D eigenvalue weighted by molar-refractivity contribution is 5.89. The second-order valence-electron chi connectivity index (χ2n) is 6.57. The number of carbonyl (C=O) groups is 1.